The lowest BCUT2D eigenvalue weighted by molar-refractivity contribution is 0.131. The van der Waals surface area contributed by atoms with Crippen LogP contribution in [-0.2, 0) is 0 Å². The second kappa shape index (κ2) is 4.20. The van der Waals surface area contributed by atoms with Crippen molar-refractivity contribution >= 4 is 0 Å². The van der Waals surface area contributed by atoms with Gasteiger partial charge in [0.15, 0.2) is 5.75 Å². The van der Waals surface area contributed by atoms with Crippen LogP contribution >= 0.6 is 0 Å². The van der Waals surface area contributed by atoms with Crippen LogP contribution in [0.3, 0.4) is 0 Å². The highest BCUT2D eigenvalue weighted by molar-refractivity contribution is 5.34. The van der Waals surface area contributed by atoms with Crippen LogP contribution < -0.4 is 4.74 Å². The summed E-state index contributed by atoms with van der Waals surface area (Å²) in [5, 5.41) is 4.08. The molecule has 0 N–H and O–H groups in total. The molecule has 1 aromatic heterocycles. The lowest BCUT2D eigenvalue weighted by atomic mass is 10.2. The molecule has 0 aliphatic carbocycles. The summed E-state index contributed by atoms with van der Waals surface area (Å²) in [4.78, 5) is 0. The first-order valence-electron chi connectivity index (χ1n) is 5.44. The van der Waals surface area contributed by atoms with E-state index in [4.69, 9.17) is 4.74 Å². The maximum absolute atomic E-state index is 13.5. The predicted octanol–water partition coefficient (Wildman–Crippen LogP) is 3.19. The average molecular weight is 234 g/mol. The molecule has 0 unspecified atom stereocenters. The van der Waals surface area contributed by atoms with Gasteiger partial charge in [-0.25, -0.2) is 9.07 Å². The molecule has 0 aliphatic heterocycles. The van der Waals surface area contributed by atoms with Gasteiger partial charge in [-0.3, -0.25) is 0 Å². The molecule has 0 aliphatic rings. The molecule has 0 fully saturated rings. The van der Waals surface area contributed by atoms with Crippen LogP contribution in [0, 0.1) is 5.82 Å². The molecule has 0 bridgehead atoms. The second-order valence-corrected chi connectivity index (χ2v) is 4.79. The van der Waals surface area contributed by atoms with Gasteiger partial charge in [0, 0.05) is 0 Å². The Labute approximate surface area is 99.8 Å². The molecule has 0 radical (unpaired) electrons. The lowest BCUT2D eigenvalue weighted by Crippen LogP contribution is -2.22. The smallest absolute Gasteiger partial charge is 0.158 e. The van der Waals surface area contributed by atoms with E-state index >= 15 is 0 Å². The third-order valence-electron chi connectivity index (χ3n) is 2.08. The Kier molecular flexibility index (Phi) is 2.88. The number of halogens is 1. The second-order valence-electron chi connectivity index (χ2n) is 4.79. The van der Waals surface area contributed by atoms with Crippen LogP contribution in [0.2, 0.25) is 0 Å². The van der Waals surface area contributed by atoms with Crippen molar-refractivity contribution in [1.29, 1.82) is 0 Å². The zero-order chi connectivity index (χ0) is 12.5. The van der Waals surface area contributed by atoms with Crippen molar-refractivity contribution in [2.45, 2.75) is 26.4 Å². The van der Waals surface area contributed by atoms with Gasteiger partial charge in [0.25, 0.3) is 0 Å². The molecular formula is C13H15FN2O. The highest BCUT2D eigenvalue weighted by atomic mass is 19.1. The van der Waals surface area contributed by atoms with Gasteiger partial charge in [0.2, 0.25) is 0 Å². The Morgan fingerprint density at radius 2 is 1.94 bits per heavy atom. The van der Waals surface area contributed by atoms with Crippen LogP contribution in [0.15, 0.2) is 36.7 Å². The summed E-state index contributed by atoms with van der Waals surface area (Å²) in [6.07, 6.45) is 3.25. The first-order chi connectivity index (χ1) is 7.96. The number of ether oxygens (including phenoxy) is 1. The molecule has 4 heteroatoms. The van der Waals surface area contributed by atoms with Gasteiger partial charge >= 0.3 is 0 Å². The molecule has 0 saturated carbocycles. The van der Waals surface area contributed by atoms with Gasteiger partial charge in [-0.15, -0.1) is 0 Å². The number of rotatable bonds is 2. The van der Waals surface area contributed by atoms with Gasteiger partial charge in [0.05, 0.1) is 12.4 Å². The molecule has 3 nitrogen and oxygen atoms in total. The first kappa shape index (κ1) is 11.6. The summed E-state index contributed by atoms with van der Waals surface area (Å²) in [5.74, 6) is 0.318. The maximum atomic E-state index is 13.5. The molecule has 0 amide bonds. The van der Waals surface area contributed by atoms with Crippen LogP contribution in [0.1, 0.15) is 20.8 Å². The average Bonchev–Trinajstić information content (AvgIpc) is 2.64. The Morgan fingerprint density at radius 3 is 2.59 bits per heavy atom. The van der Waals surface area contributed by atoms with E-state index in [9.17, 15) is 4.39 Å². The highest BCUT2D eigenvalue weighted by Crippen LogP contribution is 2.20. The molecule has 0 spiro atoms. The number of nitrogens with zero attached hydrogens (tertiary/aromatic N) is 2. The first-order valence-corrected chi connectivity index (χ1v) is 5.44. The molecule has 0 atom stereocenters. The summed E-state index contributed by atoms with van der Waals surface area (Å²) in [7, 11) is 0. The zero-order valence-corrected chi connectivity index (χ0v) is 10.1. The minimum Gasteiger partial charge on any atom is -0.485 e. The number of benzene rings is 1. The van der Waals surface area contributed by atoms with E-state index in [1.807, 2.05) is 20.8 Å². The van der Waals surface area contributed by atoms with Gasteiger partial charge in [-0.1, -0.05) is 12.1 Å². The van der Waals surface area contributed by atoms with E-state index in [1.54, 1.807) is 30.6 Å². The Balaban J connectivity index is 2.28. The molecule has 1 heterocycles. The van der Waals surface area contributed by atoms with Crippen molar-refractivity contribution < 1.29 is 9.13 Å². The van der Waals surface area contributed by atoms with Crippen LogP contribution in [0.5, 0.6) is 5.75 Å². The predicted molar refractivity (Wildman–Crippen MR) is 63.9 cm³/mol. The third-order valence-corrected chi connectivity index (χ3v) is 2.08. The molecule has 0 saturated heterocycles. The lowest BCUT2D eigenvalue weighted by Gasteiger charge is -2.19. The van der Waals surface area contributed by atoms with Crippen LogP contribution in [-0.4, -0.2) is 15.4 Å². The molecule has 2 aromatic rings. The Morgan fingerprint density at radius 1 is 1.24 bits per heavy atom. The SMILES string of the molecule is CC(C)(C)Oc1cnn(-c2ccccc2F)c1. The van der Waals surface area contributed by atoms with E-state index in [-0.39, 0.29) is 11.4 Å². The standard InChI is InChI=1S/C13H15FN2O/c1-13(2,3)17-10-8-15-16(9-10)12-7-5-4-6-11(12)14/h4-9H,1-3H3. The molecule has 1 aromatic carbocycles. The fourth-order valence-corrected chi connectivity index (χ4v) is 1.48. The minimum atomic E-state index is -0.307. The topological polar surface area (TPSA) is 27.1 Å². The summed E-state index contributed by atoms with van der Waals surface area (Å²) >= 11 is 0. The summed E-state index contributed by atoms with van der Waals surface area (Å²) in [6, 6.07) is 6.49. The highest BCUT2D eigenvalue weighted by Gasteiger charge is 2.14. The monoisotopic (exact) mass is 234 g/mol. The van der Waals surface area contributed by atoms with Gasteiger partial charge < -0.3 is 4.74 Å². The van der Waals surface area contributed by atoms with Crippen molar-refractivity contribution in [3.8, 4) is 11.4 Å². The number of para-hydroxylation sites is 1. The van der Waals surface area contributed by atoms with Crippen molar-refractivity contribution in [3.05, 3.63) is 42.5 Å². The van der Waals surface area contributed by atoms with E-state index < -0.39 is 0 Å². The van der Waals surface area contributed by atoms with Gasteiger partial charge in [0.1, 0.15) is 17.1 Å². The fraction of sp³-hybridized carbons (Fsp3) is 0.308. The van der Waals surface area contributed by atoms with E-state index in [2.05, 4.69) is 5.10 Å². The molecular weight excluding hydrogens is 219 g/mol. The fourth-order valence-electron chi connectivity index (χ4n) is 1.48. The molecule has 17 heavy (non-hydrogen) atoms. The van der Waals surface area contributed by atoms with E-state index in [0.717, 1.165) is 0 Å². The third kappa shape index (κ3) is 2.84. The quantitative estimate of drug-likeness (QED) is 0.798. The largest absolute Gasteiger partial charge is 0.485 e. The normalized spacial score (nSPS) is 11.5. The van der Waals surface area contributed by atoms with Crippen molar-refractivity contribution in [1.82, 2.24) is 9.78 Å². The Hall–Kier alpha value is -1.84. The van der Waals surface area contributed by atoms with E-state index in [1.165, 1.54) is 10.7 Å². The van der Waals surface area contributed by atoms with Gasteiger partial charge in [-0.2, -0.15) is 5.10 Å². The molecule has 2 rings (SSSR count). The maximum Gasteiger partial charge on any atom is 0.158 e. The van der Waals surface area contributed by atoms with Crippen molar-refractivity contribution in [2.24, 2.45) is 0 Å². The Bertz CT molecular complexity index is 514. The van der Waals surface area contributed by atoms with Gasteiger partial charge in [-0.05, 0) is 32.9 Å². The number of hydrogen-bond donors (Lipinski definition) is 0. The summed E-state index contributed by atoms with van der Waals surface area (Å²) in [5.41, 5.74) is 0.125. The van der Waals surface area contributed by atoms with E-state index in [0.29, 0.717) is 11.4 Å². The minimum absolute atomic E-state index is 0.289. The summed E-state index contributed by atoms with van der Waals surface area (Å²) < 4.78 is 20.6. The number of hydrogen-bond acceptors (Lipinski definition) is 2. The summed E-state index contributed by atoms with van der Waals surface area (Å²) in [6.45, 7) is 5.86. The van der Waals surface area contributed by atoms with Crippen LogP contribution in [0.25, 0.3) is 5.69 Å². The molecule has 90 valence electrons. The zero-order valence-electron chi connectivity index (χ0n) is 10.1. The van der Waals surface area contributed by atoms with Crippen LogP contribution in [0.4, 0.5) is 4.39 Å². The van der Waals surface area contributed by atoms with Crippen molar-refractivity contribution in [2.75, 3.05) is 0 Å². The number of aromatic nitrogens is 2. The van der Waals surface area contributed by atoms with Crippen molar-refractivity contribution in [3.63, 3.8) is 0 Å².